The van der Waals surface area contributed by atoms with E-state index in [1.807, 2.05) is 30.8 Å². The summed E-state index contributed by atoms with van der Waals surface area (Å²) in [6, 6.07) is 7.14. The highest BCUT2D eigenvalue weighted by atomic mass is 32.2. The first-order chi connectivity index (χ1) is 11.1. The molecular weight excluding hydrogens is 324 g/mol. The lowest BCUT2D eigenvalue weighted by molar-refractivity contribution is 0.520. The smallest absolute Gasteiger partial charge is 0.242 e. The van der Waals surface area contributed by atoms with E-state index >= 15 is 0 Å². The Hall–Kier alpha value is -1.70. The molecule has 6 nitrogen and oxygen atoms in total. The van der Waals surface area contributed by atoms with E-state index < -0.39 is 10.0 Å². The fourth-order valence-corrected chi connectivity index (χ4v) is 3.49. The van der Waals surface area contributed by atoms with Gasteiger partial charge >= 0.3 is 0 Å². The molecule has 0 saturated carbocycles. The van der Waals surface area contributed by atoms with Gasteiger partial charge < -0.3 is 5.32 Å². The summed E-state index contributed by atoms with van der Waals surface area (Å²) in [5.41, 5.74) is 4.44. The second kappa shape index (κ2) is 7.04. The lowest BCUT2D eigenvalue weighted by Gasteiger charge is -2.16. The van der Waals surface area contributed by atoms with Crippen molar-refractivity contribution in [3.05, 3.63) is 46.8 Å². The Morgan fingerprint density at radius 3 is 2.25 bits per heavy atom. The number of hydrogen-bond acceptors (Lipinski definition) is 4. The molecule has 0 aliphatic heterocycles. The maximum Gasteiger partial charge on any atom is 0.242 e. The minimum absolute atomic E-state index is 0.111. The van der Waals surface area contributed by atoms with E-state index in [1.54, 1.807) is 12.1 Å². The predicted octanol–water partition coefficient (Wildman–Crippen LogP) is 2.14. The quantitative estimate of drug-likeness (QED) is 0.867. The molecule has 132 valence electrons. The van der Waals surface area contributed by atoms with Gasteiger partial charge in [-0.3, -0.25) is 4.68 Å². The van der Waals surface area contributed by atoms with Gasteiger partial charge in [0.15, 0.2) is 0 Å². The fraction of sp³-hybridized carbons (Fsp3) is 0.471. The van der Waals surface area contributed by atoms with Crippen LogP contribution in [0.15, 0.2) is 29.2 Å². The Morgan fingerprint density at radius 2 is 1.79 bits per heavy atom. The summed E-state index contributed by atoms with van der Waals surface area (Å²) in [7, 11) is 1.63. The molecule has 0 saturated heterocycles. The molecule has 0 aliphatic carbocycles. The van der Waals surface area contributed by atoms with Gasteiger partial charge in [-0.25, -0.2) is 12.7 Å². The average Bonchev–Trinajstić information content (AvgIpc) is 2.77. The minimum Gasteiger partial charge on any atom is -0.306 e. The third-order valence-electron chi connectivity index (χ3n) is 4.40. The van der Waals surface area contributed by atoms with Crippen LogP contribution in [0.4, 0.5) is 0 Å². The van der Waals surface area contributed by atoms with Crippen LogP contribution in [0, 0.1) is 13.8 Å². The summed E-state index contributed by atoms with van der Waals surface area (Å²) in [4.78, 5) is 0.308. The largest absolute Gasteiger partial charge is 0.306 e. The van der Waals surface area contributed by atoms with Gasteiger partial charge in [-0.2, -0.15) is 5.10 Å². The molecule has 1 aromatic heterocycles. The summed E-state index contributed by atoms with van der Waals surface area (Å²) in [6.07, 6.45) is 0. The third kappa shape index (κ3) is 3.68. The molecule has 0 amide bonds. The van der Waals surface area contributed by atoms with Crippen LogP contribution < -0.4 is 5.32 Å². The zero-order valence-corrected chi connectivity index (χ0v) is 16.0. The number of rotatable bonds is 6. The van der Waals surface area contributed by atoms with Crippen molar-refractivity contribution in [3.63, 3.8) is 0 Å². The molecule has 24 heavy (non-hydrogen) atoms. The Bertz CT molecular complexity index is 808. The average molecular weight is 350 g/mol. The first kappa shape index (κ1) is 18.6. The summed E-state index contributed by atoms with van der Waals surface area (Å²) in [5, 5.41) is 7.90. The Kier molecular flexibility index (Phi) is 5.47. The topological polar surface area (TPSA) is 67.2 Å². The van der Waals surface area contributed by atoms with Crippen LogP contribution in [-0.2, 0) is 23.6 Å². The molecule has 1 heterocycles. The highest BCUT2D eigenvalue weighted by molar-refractivity contribution is 7.89. The minimum atomic E-state index is -3.38. The Labute approximate surface area is 144 Å². The normalized spacial score (nSPS) is 13.5. The van der Waals surface area contributed by atoms with Crippen LogP contribution in [0.2, 0.25) is 0 Å². The van der Waals surface area contributed by atoms with E-state index in [9.17, 15) is 8.42 Å². The summed E-state index contributed by atoms with van der Waals surface area (Å²) in [6.45, 7) is 6.86. The number of benzene rings is 1. The maximum absolute atomic E-state index is 12.1. The van der Waals surface area contributed by atoms with Crippen molar-refractivity contribution in [2.75, 3.05) is 14.1 Å². The first-order valence-electron chi connectivity index (χ1n) is 7.89. The molecule has 7 heteroatoms. The molecule has 2 aromatic rings. The standard InChI is InChI=1S/C17H26N4O2S/c1-12(18-11-17-13(2)19-21(6)14(17)3)15-7-9-16(10-8-15)24(22,23)20(4)5/h7-10,12,18H,11H2,1-6H3. The van der Waals surface area contributed by atoms with E-state index in [1.165, 1.54) is 24.0 Å². The lowest BCUT2D eigenvalue weighted by Crippen LogP contribution is -2.22. The number of nitrogens with one attached hydrogen (secondary N) is 1. The van der Waals surface area contributed by atoms with Crippen molar-refractivity contribution in [3.8, 4) is 0 Å². The van der Waals surface area contributed by atoms with Crippen molar-refractivity contribution in [1.29, 1.82) is 0 Å². The van der Waals surface area contributed by atoms with E-state index in [4.69, 9.17) is 0 Å². The first-order valence-corrected chi connectivity index (χ1v) is 9.33. The Morgan fingerprint density at radius 1 is 1.21 bits per heavy atom. The molecule has 1 unspecified atom stereocenters. The highest BCUT2D eigenvalue weighted by Gasteiger charge is 2.17. The van der Waals surface area contributed by atoms with Crippen molar-refractivity contribution >= 4 is 10.0 Å². The maximum atomic E-state index is 12.1. The van der Waals surface area contributed by atoms with Crippen LogP contribution in [0.5, 0.6) is 0 Å². The molecular formula is C17H26N4O2S. The highest BCUT2D eigenvalue weighted by Crippen LogP contribution is 2.19. The van der Waals surface area contributed by atoms with Crippen LogP contribution in [-0.4, -0.2) is 36.6 Å². The number of aromatic nitrogens is 2. The van der Waals surface area contributed by atoms with Gasteiger partial charge in [0.05, 0.1) is 10.6 Å². The van der Waals surface area contributed by atoms with Gasteiger partial charge in [-0.15, -0.1) is 0 Å². The fourth-order valence-electron chi connectivity index (χ4n) is 2.59. The second-order valence-electron chi connectivity index (χ2n) is 6.23. The van der Waals surface area contributed by atoms with E-state index in [2.05, 4.69) is 24.3 Å². The van der Waals surface area contributed by atoms with Crippen molar-refractivity contribution < 1.29 is 8.42 Å². The van der Waals surface area contributed by atoms with Crippen LogP contribution in [0.1, 0.15) is 35.5 Å². The molecule has 0 fully saturated rings. The van der Waals surface area contributed by atoms with Crippen LogP contribution in [0.25, 0.3) is 0 Å². The second-order valence-corrected chi connectivity index (χ2v) is 8.38. The molecule has 2 rings (SSSR count). The number of aryl methyl sites for hydroxylation is 2. The third-order valence-corrected chi connectivity index (χ3v) is 6.23. The zero-order chi connectivity index (χ0) is 18.1. The van der Waals surface area contributed by atoms with Crippen molar-refractivity contribution in [2.24, 2.45) is 7.05 Å². The van der Waals surface area contributed by atoms with Gasteiger partial charge in [0, 0.05) is 45.0 Å². The van der Waals surface area contributed by atoms with Gasteiger partial charge in [-0.05, 0) is 38.5 Å². The predicted molar refractivity (Wildman–Crippen MR) is 95.3 cm³/mol. The zero-order valence-electron chi connectivity index (χ0n) is 15.2. The Balaban J connectivity index is 2.09. The van der Waals surface area contributed by atoms with Gasteiger partial charge in [0.2, 0.25) is 10.0 Å². The molecule has 1 N–H and O–H groups in total. The van der Waals surface area contributed by atoms with Gasteiger partial charge in [0.25, 0.3) is 0 Å². The summed E-state index contributed by atoms with van der Waals surface area (Å²) >= 11 is 0. The summed E-state index contributed by atoms with van der Waals surface area (Å²) in [5.74, 6) is 0. The molecule has 0 radical (unpaired) electrons. The van der Waals surface area contributed by atoms with E-state index in [0.29, 0.717) is 4.90 Å². The number of hydrogen-bond donors (Lipinski definition) is 1. The SMILES string of the molecule is Cc1nn(C)c(C)c1CNC(C)c1ccc(S(=O)(=O)N(C)C)cc1. The molecule has 1 aromatic carbocycles. The molecule has 0 bridgehead atoms. The number of nitrogens with zero attached hydrogens (tertiary/aromatic N) is 3. The van der Waals surface area contributed by atoms with Crippen LogP contribution in [0.3, 0.4) is 0 Å². The molecule has 0 spiro atoms. The van der Waals surface area contributed by atoms with Crippen molar-refractivity contribution in [1.82, 2.24) is 19.4 Å². The molecule has 1 atom stereocenters. The monoisotopic (exact) mass is 350 g/mol. The van der Waals surface area contributed by atoms with E-state index in [0.717, 1.165) is 23.5 Å². The van der Waals surface area contributed by atoms with Crippen molar-refractivity contribution in [2.45, 2.75) is 38.3 Å². The molecule has 0 aliphatic rings. The van der Waals surface area contributed by atoms with Gasteiger partial charge in [0.1, 0.15) is 0 Å². The van der Waals surface area contributed by atoms with Gasteiger partial charge in [-0.1, -0.05) is 12.1 Å². The number of sulfonamides is 1. The lowest BCUT2D eigenvalue weighted by atomic mass is 10.1. The van der Waals surface area contributed by atoms with Crippen LogP contribution >= 0.6 is 0 Å². The van der Waals surface area contributed by atoms with E-state index in [-0.39, 0.29) is 6.04 Å². The summed E-state index contributed by atoms with van der Waals surface area (Å²) < 4.78 is 27.3.